The van der Waals surface area contributed by atoms with E-state index in [0.29, 0.717) is 28.4 Å². The lowest BCUT2D eigenvalue weighted by molar-refractivity contribution is -0.116. The lowest BCUT2D eigenvalue weighted by Crippen LogP contribution is -2.25. The Hall–Kier alpha value is -3.33. The maximum absolute atomic E-state index is 13.0. The van der Waals surface area contributed by atoms with E-state index in [4.69, 9.17) is 12.2 Å². The van der Waals surface area contributed by atoms with Crippen molar-refractivity contribution in [3.63, 3.8) is 0 Å². The summed E-state index contributed by atoms with van der Waals surface area (Å²) in [7, 11) is 0. The summed E-state index contributed by atoms with van der Waals surface area (Å²) in [5.41, 5.74) is 1.95. The highest BCUT2D eigenvalue weighted by atomic mass is 32.1. The summed E-state index contributed by atoms with van der Waals surface area (Å²) in [5, 5.41) is 9.93. The van der Waals surface area contributed by atoms with E-state index in [9.17, 15) is 14.0 Å². The normalized spacial score (nSPS) is 10.6. The molecule has 1 aromatic heterocycles. The Labute approximate surface area is 178 Å². The molecule has 3 rings (SSSR count). The first-order valence-corrected chi connectivity index (χ1v) is 9.85. The Balaban J connectivity index is 1.69. The number of hydrogen-bond acceptors (Lipinski definition) is 4. The molecular weight excluding hydrogens is 405 g/mol. The lowest BCUT2D eigenvalue weighted by atomic mass is 10.1. The number of hydrogen-bond donors (Lipinski definition) is 2. The molecule has 2 aromatic carbocycles. The summed E-state index contributed by atoms with van der Waals surface area (Å²) in [6.45, 7) is 4.41. The van der Waals surface area contributed by atoms with Crippen LogP contribution < -0.4 is 10.6 Å². The standard InChI is InChI=1S/C21H22FN5O2S/c1-3-26-18(12-23-20(29)17-7-5-4-6-14(17)2)25-27(21(26)30)13-19(28)24-16-10-8-15(22)9-11-16/h4-11H,3,12-13H2,1-2H3,(H,23,29)(H,24,28). The molecule has 1 heterocycles. The number of amides is 2. The van der Waals surface area contributed by atoms with Crippen molar-refractivity contribution >= 4 is 29.7 Å². The quantitative estimate of drug-likeness (QED) is 0.566. The molecule has 0 aliphatic carbocycles. The van der Waals surface area contributed by atoms with Crippen molar-refractivity contribution in [2.45, 2.75) is 33.5 Å². The van der Waals surface area contributed by atoms with Crippen molar-refractivity contribution in [3.05, 3.63) is 76.1 Å². The minimum Gasteiger partial charge on any atom is -0.345 e. The van der Waals surface area contributed by atoms with Gasteiger partial charge >= 0.3 is 0 Å². The second kappa shape index (κ2) is 9.45. The average molecular weight is 428 g/mol. The third-order valence-corrected chi connectivity index (χ3v) is 4.96. The van der Waals surface area contributed by atoms with Gasteiger partial charge in [-0.05, 0) is 62.0 Å². The number of anilines is 1. The predicted molar refractivity (Wildman–Crippen MR) is 114 cm³/mol. The third-order valence-electron chi connectivity index (χ3n) is 4.53. The van der Waals surface area contributed by atoms with Crippen molar-refractivity contribution in [1.29, 1.82) is 0 Å². The van der Waals surface area contributed by atoms with Gasteiger partial charge in [0.05, 0.1) is 6.54 Å². The fourth-order valence-electron chi connectivity index (χ4n) is 2.99. The van der Waals surface area contributed by atoms with Gasteiger partial charge in [0.1, 0.15) is 12.4 Å². The van der Waals surface area contributed by atoms with E-state index < -0.39 is 0 Å². The number of nitrogens with zero attached hydrogens (tertiary/aromatic N) is 3. The zero-order valence-electron chi connectivity index (χ0n) is 16.7. The molecule has 0 fully saturated rings. The van der Waals surface area contributed by atoms with Crippen LogP contribution in [0.4, 0.5) is 10.1 Å². The maximum atomic E-state index is 13.0. The zero-order valence-corrected chi connectivity index (χ0v) is 17.5. The van der Waals surface area contributed by atoms with Gasteiger partial charge in [-0.2, -0.15) is 5.10 Å². The zero-order chi connectivity index (χ0) is 21.7. The van der Waals surface area contributed by atoms with Crippen LogP contribution in [0.1, 0.15) is 28.7 Å². The SMILES string of the molecule is CCn1c(CNC(=O)c2ccccc2C)nn(CC(=O)Nc2ccc(F)cc2)c1=S. The maximum Gasteiger partial charge on any atom is 0.251 e. The van der Waals surface area contributed by atoms with Gasteiger partial charge in [-0.25, -0.2) is 9.07 Å². The van der Waals surface area contributed by atoms with Crippen LogP contribution in [0.15, 0.2) is 48.5 Å². The Morgan fingerprint density at radius 3 is 2.50 bits per heavy atom. The topological polar surface area (TPSA) is 81.0 Å². The number of carbonyl (C=O) groups excluding carboxylic acids is 2. The van der Waals surface area contributed by atoms with Crippen LogP contribution in [0.25, 0.3) is 0 Å². The fraction of sp³-hybridized carbons (Fsp3) is 0.238. The monoisotopic (exact) mass is 427 g/mol. The average Bonchev–Trinajstić information content (AvgIpc) is 3.02. The summed E-state index contributed by atoms with van der Waals surface area (Å²) in [5.74, 6) is -0.368. The lowest BCUT2D eigenvalue weighted by Gasteiger charge is -2.07. The molecule has 2 amide bonds. The first-order valence-electron chi connectivity index (χ1n) is 9.44. The Morgan fingerprint density at radius 1 is 1.13 bits per heavy atom. The molecule has 0 aliphatic heterocycles. The molecule has 0 atom stereocenters. The van der Waals surface area contributed by atoms with Gasteiger partial charge in [0.15, 0.2) is 10.6 Å². The number of carbonyl (C=O) groups is 2. The van der Waals surface area contributed by atoms with Gasteiger partial charge in [0.25, 0.3) is 5.91 Å². The summed E-state index contributed by atoms with van der Waals surface area (Å²) in [4.78, 5) is 24.8. The summed E-state index contributed by atoms with van der Waals surface area (Å²) in [6.07, 6.45) is 0. The number of benzene rings is 2. The van der Waals surface area contributed by atoms with Crippen molar-refractivity contribution in [1.82, 2.24) is 19.7 Å². The molecule has 0 radical (unpaired) electrons. The molecule has 2 N–H and O–H groups in total. The summed E-state index contributed by atoms with van der Waals surface area (Å²) < 4.78 is 16.6. The highest BCUT2D eigenvalue weighted by Crippen LogP contribution is 2.10. The Kier molecular flexibility index (Phi) is 6.73. The van der Waals surface area contributed by atoms with Crippen molar-refractivity contribution in [2.75, 3.05) is 5.32 Å². The Morgan fingerprint density at radius 2 is 1.83 bits per heavy atom. The minimum atomic E-state index is -0.380. The van der Waals surface area contributed by atoms with E-state index in [1.54, 1.807) is 10.6 Å². The summed E-state index contributed by atoms with van der Waals surface area (Å²) in [6, 6.07) is 12.8. The van der Waals surface area contributed by atoms with Crippen LogP contribution in [-0.4, -0.2) is 26.2 Å². The van der Waals surface area contributed by atoms with Gasteiger partial charge < -0.3 is 15.2 Å². The molecule has 0 unspecified atom stereocenters. The van der Waals surface area contributed by atoms with E-state index in [1.807, 2.05) is 32.0 Å². The molecule has 30 heavy (non-hydrogen) atoms. The Bertz CT molecular complexity index is 1120. The minimum absolute atomic E-state index is 0.0953. The van der Waals surface area contributed by atoms with Crippen LogP contribution in [0.3, 0.4) is 0 Å². The van der Waals surface area contributed by atoms with Crippen LogP contribution in [-0.2, 0) is 24.4 Å². The van der Waals surface area contributed by atoms with Crippen LogP contribution in [0.5, 0.6) is 0 Å². The molecule has 9 heteroatoms. The molecule has 7 nitrogen and oxygen atoms in total. The van der Waals surface area contributed by atoms with Gasteiger partial charge in [-0.15, -0.1) is 0 Å². The smallest absolute Gasteiger partial charge is 0.251 e. The number of nitrogens with one attached hydrogen (secondary N) is 2. The molecule has 0 saturated carbocycles. The van der Waals surface area contributed by atoms with E-state index in [1.165, 1.54) is 28.9 Å². The van der Waals surface area contributed by atoms with Gasteiger partial charge in [0, 0.05) is 17.8 Å². The van der Waals surface area contributed by atoms with Gasteiger partial charge in [-0.3, -0.25) is 9.59 Å². The van der Waals surface area contributed by atoms with Gasteiger partial charge in [-0.1, -0.05) is 18.2 Å². The van der Waals surface area contributed by atoms with Crippen LogP contribution >= 0.6 is 12.2 Å². The number of aromatic nitrogens is 3. The molecule has 0 spiro atoms. The van der Waals surface area contributed by atoms with E-state index in [0.717, 1.165) is 5.56 Å². The molecule has 0 aliphatic rings. The molecule has 0 bridgehead atoms. The fourth-order valence-corrected chi connectivity index (χ4v) is 3.33. The second-order valence-electron chi connectivity index (χ2n) is 6.65. The van der Waals surface area contributed by atoms with Crippen LogP contribution in [0, 0.1) is 17.5 Å². The largest absolute Gasteiger partial charge is 0.345 e. The molecule has 3 aromatic rings. The van der Waals surface area contributed by atoms with Crippen LogP contribution in [0.2, 0.25) is 0 Å². The molecule has 0 saturated heterocycles. The first kappa shape index (κ1) is 21.4. The number of aryl methyl sites for hydroxylation is 1. The van der Waals surface area contributed by atoms with Crippen molar-refractivity contribution in [2.24, 2.45) is 0 Å². The van der Waals surface area contributed by atoms with Crippen molar-refractivity contribution in [3.8, 4) is 0 Å². The third kappa shape index (κ3) is 4.98. The number of halogens is 1. The molecular formula is C21H22FN5O2S. The van der Waals surface area contributed by atoms with E-state index in [-0.39, 0.29) is 30.7 Å². The van der Waals surface area contributed by atoms with Gasteiger partial charge in [0.2, 0.25) is 5.91 Å². The van der Waals surface area contributed by atoms with Crippen molar-refractivity contribution < 1.29 is 14.0 Å². The van der Waals surface area contributed by atoms with E-state index >= 15 is 0 Å². The second-order valence-corrected chi connectivity index (χ2v) is 7.02. The highest BCUT2D eigenvalue weighted by molar-refractivity contribution is 7.71. The first-order chi connectivity index (χ1) is 14.4. The van der Waals surface area contributed by atoms with E-state index in [2.05, 4.69) is 15.7 Å². The predicted octanol–water partition coefficient (Wildman–Crippen LogP) is 3.45. The summed E-state index contributed by atoms with van der Waals surface area (Å²) >= 11 is 5.43. The molecule has 156 valence electrons. The highest BCUT2D eigenvalue weighted by Gasteiger charge is 2.15. The number of rotatable bonds is 7.